The number of esters is 1. The number of rotatable bonds is 7. The zero-order valence-corrected chi connectivity index (χ0v) is 15.8. The van der Waals surface area contributed by atoms with Gasteiger partial charge in [-0.15, -0.1) is 0 Å². The fourth-order valence-electron chi connectivity index (χ4n) is 2.27. The largest absolute Gasteiger partial charge is 0.452 e. The van der Waals surface area contributed by atoms with Crippen molar-refractivity contribution >= 4 is 17.6 Å². The van der Waals surface area contributed by atoms with Gasteiger partial charge in [0.2, 0.25) is 5.82 Å². The van der Waals surface area contributed by atoms with E-state index in [4.69, 9.17) is 25.6 Å². The first-order chi connectivity index (χ1) is 13.0. The molecule has 7 heteroatoms. The van der Waals surface area contributed by atoms with Crippen LogP contribution in [0.4, 0.5) is 0 Å². The molecular formula is C20H19ClN2O4. The number of aromatic nitrogens is 2. The van der Waals surface area contributed by atoms with Gasteiger partial charge >= 0.3 is 5.97 Å². The second kappa shape index (κ2) is 8.79. The van der Waals surface area contributed by atoms with E-state index in [-0.39, 0.29) is 18.6 Å². The Balaban J connectivity index is 1.56. The Labute approximate surface area is 162 Å². The summed E-state index contributed by atoms with van der Waals surface area (Å²) in [5, 5.41) is 4.45. The fourth-order valence-corrected chi connectivity index (χ4v) is 2.46. The number of benzene rings is 2. The minimum atomic E-state index is -0.464. The topological polar surface area (TPSA) is 74.5 Å². The third kappa shape index (κ3) is 5.39. The summed E-state index contributed by atoms with van der Waals surface area (Å²) in [4.78, 5) is 16.4. The highest BCUT2D eigenvalue weighted by Crippen LogP contribution is 2.20. The van der Waals surface area contributed by atoms with E-state index in [1.54, 1.807) is 30.3 Å². The van der Waals surface area contributed by atoms with Crippen molar-refractivity contribution in [3.63, 3.8) is 0 Å². The molecule has 0 saturated heterocycles. The van der Waals surface area contributed by atoms with Gasteiger partial charge in [0.25, 0.3) is 5.89 Å². The SMILES string of the molecule is CC(C)OCc1ccc(C(=O)OCc2nc(-c3cccc(Cl)c3)no2)cc1. The van der Waals surface area contributed by atoms with E-state index >= 15 is 0 Å². The molecule has 0 aliphatic heterocycles. The Morgan fingerprint density at radius 2 is 1.93 bits per heavy atom. The molecule has 3 rings (SSSR count). The molecule has 6 nitrogen and oxygen atoms in total. The zero-order chi connectivity index (χ0) is 19.2. The maximum atomic E-state index is 12.2. The standard InChI is InChI=1S/C20H19ClN2O4/c1-13(2)25-11-14-6-8-15(9-7-14)20(24)26-12-18-22-19(23-27-18)16-4-3-5-17(21)10-16/h3-10,13H,11-12H2,1-2H3. The number of hydrogen-bond donors (Lipinski definition) is 0. The molecule has 1 aromatic heterocycles. The van der Waals surface area contributed by atoms with Gasteiger partial charge in [0.1, 0.15) is 0 Å². The van der Waals surface area contributed by atoms with Crippen molar-refractivity contribution in [2.24, 2.45) is 0 Å². The summed E-state index contributed by atoms with van der Waals surface area (Å²) in [7, 11) is 0. The molecule has 0 aliphatic carbocycles. The second-order valence-corrected chi connectivity index (χ2v) is 6.59. The first-order valence-corrected chi connectivity index (χ1v) is 8.85. The minimum absolute atomic E-state index is 0.107. The Morgan fingerprint density at radius 1 is 1.15 bits per heavy atom. The van der Waals surface area contributed by atoms with Crippen molar-refractivity contribution in [2.75, 3.05) is 0 Å². The average molecular weight is 387 g/mol. The number of carbonyl (C=O) groups is 1. The van der Waals surface area contributed by atoms with E-state index in [0.29, 0.717) is 23.0 Å². The number of ether oxygens (including phenoxy) is 2. The molecule has 0 N–H and O–H groups in total. The van der Waals surface area contributed by atoms with Crippen molar-refractivity contribution in [1.82, 2.24) is 10.1 Å². The van der Waals surface area contributed by atoms with Crippen LogP contribution < -0.4 is 0 Å². The Bertz CT molecular complexity index is 906. The molecule has 1 heterocycles. The van der Waals surface area contributed by atoms with Crippen LogP contribution in [-0.4, -0.2) is 22.2 Å². The molecule has 140 valence electrons. The molecule has 27 heavy (non-hydrogen) atoms. The number of hydrogen-bond acceptors (Lipinski definition) is 6. The molecule has 0 unspecified atom stereocenters. The second-order valence-electron chi connectivity index (χ2n) is 6.15. The summed E-state index contributed by atoms with van der Waals surface area (Å²) in [6, 6.07) is 14.2. The van der Waals surface area contributed by atoms with E-state index in [2.05, 4.69) is 10.1 Å². The van der Waals surface area contributed by atoms with Crippen LogP contribution in [0.2, 0.25) is 5.02 Å². The van der Waals surface area contributed by atoms with Crippen molar-refractivity contribution in [2.45, 2.75) is 33.2 Å². The van der Waals surface area contributed by atoms with Crippen molar-refractivity contribution < 1.29 is 18.8 Å². The minimum Gasteiger partial charge on any atom is -0.452 e. The molecule has 2 aromatic carbocycles. The number of halogens is 1. The average Bonchev–Trinajstić information content (AvgIpc) is 3.14. The van der Waals surface area contributed by atoms with Gasteiger partial charge in [-0.3, -0.25) is 0 Å². The lowest BCUT2D eigenvalue weighted by molar-refractivity contribution is 0.0429. The van der Waals surface area contributed by atoms with Crippen LogP contribution in [0, 0.1) is 0 Å². The van der Waals surface area contributed by atoms with E-state index in [1.807, 2.05) is 32.0 Å². The van der Waals surface area contributed by atoms with Crippen molar-refractivity contribution in [3.05, 3.63) is 70.6 Å². The zero-order valence-electron chi connectivity index (χ0n) is 15.0. The summed E-state index contributed by atoms with van der Waals surface area (Å²) in [5.74, 6) is 0.132. The maximum Gasteiger partial charge on any atom is 0.338 e. The molecule has 0 bridgehead atoms. The summed E-state index contributed by atoms with van der Waals surface area (Å²) in [5.41, 5.74) is 2.16. The third-order valence-electron chi connectivity index (χ3n) is 3.65. The van der Waals surface area contributed by atoms with E-state index in [0.717, 1.165) is 11.1 Å². The molecular weight excluding hydrogens is 368 g/mol. The lowest BCUT2D eigenvalue weighted by Crippen LogP contribution is -2.06. The number of nitrogens with zero attached hydrogens (tertiary/aromatic N) is 2. The summed E-state index contributed by atoms with van der Waals surface area (Å²) in [6.07, 6.45) is 0.154. The Morgan fingerprint density at radius 3 is 2.63 bits per heavy atom. The highest BCUT2D eigenvalue weighted by Gasteiger charge is 2.13. The monoisotopic (exact) mass is 386 g/mol. The predicted octanol–water partition coefficient (Wildman–Crippen LogP) is 4.67. The van der Waals surface area contributed by atoms with Gasteiger partial charge < -0.3 is 14.0 Å². The maximum absolute atomic E-state index is 12.2. The van der Waals surface area contributed by atoms with E-state index in [1.165, 1.54) is 0 Å². The summed E-state index contributed by atoms with van der Waals surface area (Å²) in [6.45, 7) is 4.34. The molecule has 0 spiro atoms. The van der Waals surface area contributed by atoms with Crippen LogP contribution >= 0.6 is 11.6 Å². The smallest absolute Gasteiger partial charge is 0.338 e. The summed E-state index contributed by atoms with van der Waals surface area (Å²) < 4.78 is 15.9. The lowest BCUT2D eigenvalue weighted by Gasteiger charge is -2.08. The molecule has 0 aliphatic rings. The van der Waals surface area contributed by atoms with Gasteiger partial charge in [0, 0.05) is 10.6 Å². The molecule has 0 saturated carbocycles. The number of carbonyl (C=O) groups excluding carboxylic acids is 1. The van der Waals surface area contributed by atoms with Gasteiger partial charge in [-0.1, -0.05) is 41.0 Å². The molecule has 0 atom stereocenters. The van der Waals surface area contributed by atoms with Crippen molar-refractivity contribution in [1.29, 1.82) is 0 Å². The normalized spacial score (nSPS) is 11.0. The Hall–Kier alpha value is -2.70. The Kier molecular flexibility index (Phi) is 6.21. The highest BCUT2D eigenvalue weighted by atomic mass is 35.5. The van der Waals surface area contributed by atoms with Gasteiger partial charge in [-0.05, 0) is 43.7 Å². The fraction of sp³-hybridized carbons (Fsp3) is 0.250. The van der Waals surface area contributed by atoms with Gasteiger partial charge in [0.05, 0.1) is 18.3 Å². The van der Waals surface area contributed by atoms with Crippen molar-refractivity contribution in [3.8, 4) is 11.4 Å². The highest BCUT2D eigenvalue weighted by molar-refractivity contribution is 6.30. The van der Waals surface area contributed by atoms with Crippen LogP contribution in [0.1, 0.15) is 35.7 Å². The van der Waals surface area contributed by atoms with Crippen LogP contribution in [0.5, 0.6) is 0 Å². The molecule has 0 fully saturated rings. The molecule has 0 amide bonds. The first-order valence-electron chi connectivity index (χ1n) is 8.47. The van der Waals surface area contributed by atoms with E-state index < -0.39 is 5.97 Å². The van der Waals surface area contributed by atoms with Crippen LogP contribution in [0.15, 0.2) is 53.1 Å². The molecule has 0 radical (unpaired) electrons. The van der Waals surface area contributed by atoms with Gasteiger partial charge in [-0.25, -0.2) is 4.79 Å². The lowest BCUT2D eigenvalue weighted by atomic mass is 10.1. The van der Waals surface area contributed by atoms with Gasteiger partial charge in [-0.2, -0.15) is 4.98 Å². The summed E-state index contributed by atoms with van der Waals surface area (Å²) >= 11 is 5.95. The van der Waals surface area contributed by atoms with Crippen LogP contribution in [0.3, 0.4) is 0 Å². The van der Waals surface area contributed by atoms with Crippen LogP contribution in [0.25, 0.3) is 11.4 Å². The van der Waals surface area contributed by atoms with Crippen LogP contribution in [-0.2, 0) is 22.7 Å². The first kappa shape index (κ1) is 19.1. The quantitative estimate of drug-likeness (QED) is 0.549. The van der Waals surface area contributed by atoms with E-state index in [9.17, 15) is 4.79 Å². The van der Waals surface area contributed by atoms with Gasteiger partial charge in [0.15, 0.2) is 6.61 Å². The predicted molar refractivity (Wildman–Crippen MR) is 100 cm³/mol. The third-order valence-corrected chi connectivity index (χ3v) is 3.89. The molecule has 3 aromatic rings.